The first-order valence-corrected chi connectivity index (χ1v) is 7.44. The van der Waals surface area contributed by atoms with Crippen molar-refractivity contribution in [1.29, 1.82) is 0 Å². The van der Waals surface area contributed by atoms with Gasteiger partial charge in [-0.15, -0.1) is 0 Å². The van der Waals surface area contributed by atoms with E-state index in [9.17, 15) is 4.79 Å². The Morgan fingerprint density at radius 2 is 2.44 bits per heavy atom. The number of nitrogens with one attached hydrogen (secondary N) is 2. The molecule has 18 heavy (non-hydrogen) atoms. The van der Waals surface area contributed by atoms with Crippen LogP contribution in [0.2, 0.25) is 0 Å². The molecule has 1 aliphatic heterocycles. The highest BCUT2D eigenvalue weighted by Gasteiger charge is 2.17. The lowest BCUT2D eigenvalue weighted by Gasteiger charge is -2.26. The molecule has 0 aromatic carbocycles. The molecule has 1 aliphatic rings. The van der Waals surface area contributed by atoms with Crippen LogP contribution in [0.5, 0.6) is 0 Å². The van der Waals surface area contributed by atoms with E-state index in [-0.39, 0.29) is 11.9 Å². The number of carbonyl (C=O) groups excluding carboxylic acids is 1. The van der Waals surface area contributed by atoms with Gasteiger partial charge in [-0.05, 0) is 38.6 Å². The van der Waals surface area contributed by atoms with Crippen LogP contribution < -0.4 is 10.6 Å². The Morgan fingerprint density at radius 3 is 3.06 bits per heavy atom. The van der Waals surface area contributed by atoms with E-state index in [4.69, 9.17) is 0 Å². The number of hydrogen-bond donors (Lipinski definition) is 2. The standard InChI is InChI=1S/C12H20N4OS/c1-9(2)16-11(3-4-14-16)15-12(17)8-18-7-10-5-13-6-10/h3-4,9-10,13H,5-8H2,1-2H3,(H,15,17). The van der Waals surface area contributed by atoms with Crippen molar-refractivity contribution < 1.29 is 4.79 Å². The van der Waals surface area contributed by atoms with Gasteiger partial charge in [-0.2, -0.15) is 16.9 Å². The van der Waals surface area contributed by atoms with Crippen LogP contribution in [0.3, 0.4) is 0 Å². The first-order valence-electron chi connectivity index (χ1n) is 6.28. The second-order valence-corrected chi connectivity index (χ2v) is 5.87. The van der Waals surface area contributed by atoms with E-state index >= 15 is 0 Å². The van der Waals surface area contributed by atoms with E-state index in [1.54, 1.807) is 18.0 Å². The third-order valence-corrected chi connectivity index (χ3v) is 4.05. The molecule has 1 fully saturated rings. The Labute approximate surface area is 112 Å². The molecule has 0 radical (unpaired) electrons. The molecule has 100 valence electrons. The molecule has 0 saturated carbocycles. The number of aromatic nitrogens is 2. The molecule has 1 amide bonds. The predicted molar refractivity (Wildman–Crippen MR) is 74.9 cm³/mol. The van der Waals surface area contributed by atoms with Crippen LogP contribution in [-0.2, 0) is 4.79 Å². The van der Waals surface area contributed by atoms with Crippen molar-refractivity contribution >= 4 is 23.5 Å². The summed E-state index contributed by atoms with van der Waals surface area (Å²) in [5.41, 5.74) is 0. The van der Waals surface area contributed by atoms with Gasteiger partial charge in [0.25, 0.3) is 0 Å². The number of anilines is 1. The number of rotatable bonds is 6. The summed E-state index contributed by atoms with van der Waals surface area (Å²) in [7, 11) is 0. The van der Waals surface area contributed by atoms with E-state index in [1.807, 2.05) is 24.6 Å². The highest BCUT2D eigenvalue weighted by molar-refractivity contribution is 7.99. The summed E-state index contributed by atoms with van der Waals surface area (Å²) in [5, 5.41) is 10.3. The van der Waals surface area contributed by atoms with Gasteiger partial charge in [-0.3, -0.25) is 4.79 Å². The predicted octanol–water partition coefficient (Wildman–Crippen LogP) is 1.36. The molecule has 2 rings (SSSR count). The molecule has 5 nitrogen and oxygen atoms in total. The molecule has 6 heteroatoms. The zero-order chi connectivity index (χ0) is 13.0. The van der Waals surface area contributed by atoms with Crippen LogP contribution in [0.1, 0.15) is 19.9 Å². The third kappa shape index (κ3) is 3.49. The average Bonchev–Trinajstić information content (AvgIpc) is 2.69. The van der Waals surface area contributed by atoms with Crippen molar-refractivity contribution in [1.82, 2.24) is 15.1 Å². The SMILES string of the molecule is CC(C)n1nccc1NC(=O)CSCC1CNC1. The Morgan fingerprint density at radius 1 is 1.67 bits per heavy atom. The average molecular weight is 268 g/mol. The van der Waals surface area contributed by atoms with Crippen molar-refractivity contribution in [3.05, 3.63) is 12.3 Å². The third-order valence-electron chi connectivity index (χ3n) is 2.88. The molecular weight excluding hydrogens is 248 g/mol. The van der Waals surface area contributed by atoms with E-state index < -0.39 is 0 Å². The maximum Gasteiger partial charge on any atom is 0.235 e. The van der Waals surface area contributed by atoms with Crippen LogP contribution >= 0.6 is 11.8 Å². The van der Waals surface area contributed by atoms with Crippen LogP contribution in [0.25, 0.3) is 0 Å². The van der Waals surface area contributed by atoms with E-state index in [0.29, 0.717) is 5.75 Å². The minimum absolute atomic E-state index is 0.0506. The lowest BCUT2D eigenvalue weighted by Crippen LogP contribution is -2.43. The first-order chi connectivity index (χ1) is 8.66. The fraction of sp³-hybridized carbons (Fsp3) is 0.667. The van der Waals surface area contributed by atoms with Gasteiger partial charge in [0.1, 0.15) is 5.82 Å². The van der Waals surface area contributed by atoms with Gasteiger partial charge >= 0.3 is 0 Å². The smallest absolute Gasteiger partial charge is 0.235 e. The van der Waals surface area contributed by atoms with Gasteiger partial charge in [-0.1, -0.05) is 0 Å². The minimum Gasteiger partial charge on any atom is -0.316 e. The van der Waals surface area contributed by atoms with Crippen LogP contribution in [-0.4, -0.2) is 40.3 Å². The van der Waals surface area contributed by atoms with Crippen molar-refractivity contribution in [3.63, 3.8) is 0 Å². The van der Waals surface area contributed by atoms with Crippen molar-refractivity contribution in [3.8, 4) is 0 Å². The summed E-state index contributed by atoms with van der Waals surface area (Å²) in [6.45, 7) is 6.27. The molecule has 2 N–H and O–H groups in total. The number of thioether (sulfide) groups is 1. The fourth-order valence-corrected chi connectivity index (χ4v) is 2.73. The van der Waals surface area contributed by atoms with E-state index in [1.165, 1.54) is 0 Å². The maximum absolute atomic E-state index is 11.8. The van der Waals surface area contributed by atoms with Gasteiger partial charge in [-0.25, -0.2) is 4.68 Å². The molecular formula is C12H20N4OS. The summed E-state index contributed by atoms with van der Waals surface area (Å²) in [6.07, 6.45) is 1.71. The Hall–Kier alpha value is -1.01. The van der Waals surface area contributed by atoms with Gasteiger partial charge < -0.3 is 10.6 Å². The number of carbonyl (C=O) groups is 1. The topological polar surface area (TPSA) is 59.0 Å². The molecule has 0 unspecified atom stereocenters. The summed E-state index contributed by atoms with van der Waals surface area (Å²) in [6, 6.07) is 2.09. The molecule has 2 heterocycles. The molecule has 0 atom stereocenters. The van der Waals surface area contributed by atoms with E-state index in [0.717, 1.165) is 30.6 Å². The molecule has 0 spiro atoms. The second kappa shape index (κ2) is 6.24. The monoisotopic (exact) mass is 268 g/mol. The van der Waals surface area contributed by atoms with Crippen molar-refractivity contribution in [2.45, 2.75) is 19.9 Å². The van der Waals surface area contributed by atoms with Gasteiger partial charge in [0.05, 0.1) is 11.9 Å². The largest absolute Gasteiger partial charge is 0.316 e. The van der Waals surface area contributed by atoms with Crippen molar-refractivity contribution in [2.24, 2.45) is 5.92 Å². The van der Waals surface area contributed by atoms with Crippen LogP contribution in [0, 0.1) is 5.92 Å². The minimum atomic E-state index is 0.0506. The normalized spacial score (nSPS) is 15.7. The lowest BCUT2D eigenvalue weighted by atomic mass is 10.1. The Bertz CT molecular complexity index is 401. The Kier molecular flexibility index (Phi) is 4.66. The highest BCUT2D eigenvalue weighted by atomic mass is 32.2. The fourth-order valence-electron chi connectivity index (χ4n) is 1.79. The lowest BCUT2D eigenvalue weighted by molar-refractivity contribution is -0.113. The first kappa shape index (κ1) is 13.4. The van der Waals surface area contributed by atoms with Crippen molar-refractivity contribution in [2.75, 3.05) is 29.9 Å². The zero-order valence-electron chi connectivity index (χ0n) is 10.8. The second-order valence-electron chi connectivity index (χ2n) is 4.84. The van der Waals surface area contributed by atoms with Gasteiger partial charge in [0.15, 0.2) is 0 Å². The van der Waals surface area contributed by atoms with E-state index in [2.05, 4.69) is 15.7 Å². The number of nitrogens with zero attached hydrogens (tertiary/aromatic N) is 2. The molecule has 0 bridgehead atoms. The molecule has 1 saturated heterocycles. The molecule has 1 aromatic rings. The summed E-state index contributed by atoms with van der Waals surface area (Å²) in [5.74, 6) is 3.14. The quantitative estimate of drug-likeness (QED) is 0.818. The maximum atomic E-state index is 11.8. The summed E-state index contributed by atoms with van der Waals surface area (Å²) in [4.78, 5) is 11.8. The number of hydrogen-bond acceptors (Lipinski definition) is 4. The molecule has 1 aromatic heterocycles. The van der Waals surface area contributed by atoms with Crippen LogP contribution in [0.4, 0.5) is 5.82 Å². The zero-order valence-corrected chi connectivity index (χ0v) is 11.7. The summed E-state index contributed by atoms with van der Waals surface area (Å²) >= 11 is 1.70. The van der Waals surface area contributed by atoms with Gasteiger partial charge in [0, 0.05) is 12.1 Å². The number of amides is 1. The Balaban J connectivity index is 1.74. The van der Waals surface area contributed by atoms with Crippen LogP contribution in [0.15, 0.2) is 12.3 Å². The summed E-state index contributed by atoms with van der Waals surface area (Å²) < 4.78 is 1.82. The van der Waals surface area contributed by atoms with Gasteiger partial charge in [0.2, 0.25) is 5.91 Å². The highest BCUT2D eigenvalue weighted by Crippen LogP contribution is 2.15. The molecule has 0 aliphatic carbocycles.